The summed E-state index contributed by atoms with van der Waals surface area (Å²) in [5, 5.41) is 0. The average Bonchev–Trinajstić information content (AvgIpc) is 2.08. The van der Waals surface area contributed by atoms with E-state index in [0.717, 1.165) is 5.69 Å². The van der Waals surface area contributed by atoms with Crippen molar-refractivity contribution in [1.29, 1.82) is 0 Å². The number of anilines is 1. The van der Waals surface area contributed by atoms with Gasteiger partial charge in [0.15, 0.2) is 0 Å². The van der Waals surface area contributed by atoms with Crippen LogP contribution in [0.15, 0.2) is 31.4 Å². The second-order valence-electron chi connectivity index (χ2n) is 2.36. The molecule has 0 saturated heterocycles. The van der Waals surface area contributed by atoms with E-state index in [1.165, 1.54) is 11.1 Å². The lowest BCUT2D eigenvalue weighted by Gasteiger charge is -2.05. The molecule has 66 valence electrons. The van der Waals surface area contributed by atoms with Crippen LogP contribution in [0.25, 0.3) is 0 Å². The Kier molecular flexibility index (Phi) is 5.22. The molecule has 0 aliphatic rings. The van der Waals surface area contributed by atoms with Crippen LogP contribution in [0.2, 0.25) is 0 Å². The summed E-state index contributed by atoms with van der Waals surface area (Å²) in [6.45, 7) is 10.1. The van der Waals surface area contributed by atoms with E-state index in [1.807, 2.05) is 32.0 Å². The van der Waals surface area contributed by atoms with Crippen LogP contribution in [0.4, 0.5) is 5.69 Å². The minimum absolute atomic E-state index is 1.02. The highest BCUT2D eigenvalue weighted by Gasteiger charge is 1.97. The van der Waals surface area contributed by atoms with E-state index in [-0.39, 0.29) is 0 Å². The van der Waals surface area contributed by atoms with Gasteiger partial charge in [-0.25, -0.2) is 0 Å². The lowest BCUT2D eigenvalue weighted by Crippen LogP contribution is -1.88. The van der Waals surface area contributed by atoms with E-state index < -0.39 is 0 Å². The first-order chi connectivity index (χ1) is 5.75. The predicted molar refractivity (Wildman–Crippen MR) is 56.6 cm³/mol. The summed E-state index contributed by atoms with van der Waals surface area (Å²) >= 11 is 5.49. The number of aryl methyl sites for hydroxylation is 2. The Bertz CT molecular complexity index is 225. The van der Waals surface area contributed by atoms with Gasteiger partial charge in [0.25, 0.3) is 0 Å². The zero-order chi connectivity index (χ0) is 9.56. The van der Waals surface area contributed by atoms with Crippen LogP contribution >= 0.6 is 11.8 Å². The molecular weight excluding hydrogens is 170 g/mol. The van der Waals surface area contributed by atoms with E-state index in [2.05, 4.69) is 18.0 Å². The van der Waals surface area contributed by atoms with E-state index >= 15 is 0 Å². The fourth-order valence-electron chi connectivity index (χ4n) is 0.964. The fraction of sp³-hybridized carbons (Fsp3) is 0.200. The topological polar surface area (TPSA) is 12.0 Å². The molecule has 0 bridgehead atoms. The molecule has 0 spiro atoms. The van der Waals surface area contributed by atoms with Crippen LogP contribution in [-0.4, -0.2) is 0 Å². The maximum absolute atomic E-state index is 5.49. The Balaban J connectivity index is 0.000000561. The van der Waals surface area contributed by atoms with Gasteiger partial charge in [-0.05, 0) is 25.0 Å². The summed E-state index contributed by atoms with van der Waals surface area (Å²) in [6, 6.07) is 6.07. The summed E-state index contributed by atoms with van der Waals surface area (Å²) in [5.41, 5.74) is 3.37. The minimum atomic E-state index is 1.02. The van der Waals surface area contributed by atoms with Crippen LogP contribution in [0.5, 0.6) is 0 Å². The van der Waals surface area contributed by atoms with Crippen molar-refractivity contribution in [3.05, 3.63) is 42.5 Å². The van der Waals surface area contributed by atoms with Crippen molar-refractivity contribution in [2.45, 2.75) is 13.8 Å². The quantitative estimate of drug-likeness (QED) is 0.518. The number of hydrogen-bond acceptors (Lipinski definition) is 1. The highest BCUT2D eigenvalue weighted by molar-refractivity contribution is 6.24. The van der Waals surface area contributed by atoms with Gasteiger partial charge in [0.05, 0.1) is 5.69 Å². The molecule has 0 heterocycles. The molecule has 0 saturated carbocycles. The zero-order valence-electron chi connectivity index (χ0n) is 7.52. The van der Waals surface area contributed by atoms with Crippen LogP contribution in [0.3, 0.4) is 0 Å². The predicted octanol–water partition coefficient (Wildman–Crippen LogP) is 3.67. The van der Waals surface area contributed by atoms with Crippen molar-refractivity contribution >= 4 is 17.5 Å². The fourth-order valence-corrected chi connectivity index (χ4v) is 1.26. The first kappa shape index (κ1) is 11.1. The molecule has 12 heavy (non-hydrogen) atoms. The van der Waals surface area contributed by atoms with Gasteiger partial charge in [-0.3, -0.25) is 4.84 Å². The summed E-state index contributed by atoms with van der Waals surface area (Å²) < 4.78 is 0. The highest BCUT2D eigenvalue weighted by atomic mass is 35.5. The number of rotatable bonds is 1. The number of benzene rings is 1. The molecule has 0 unspecified atom stereocenters. The SMILES string of the molecule is C=C.Cc1cccc(C)c1NCl. The van der Waals surface area contributed by atoms with Gasteiger partial charge in [-0.1, -0.05) is 18.2 Å². The number of nitrogens with one attached hydrogen (secondary N) is 1. The molecule has 0 aliphatic heterocycles. The summed E-state index contributed by atoms with van der Waals surface area (Å²) in [6.07, 6.45) is 0. The first-order valence-electron chi connectivity index (χ1n) is 3.68. The van der Waals surface area contributed by atoms with Gasteiger partial charge >= 0.3 is 0 Å². The maximum Gasteiger partial charge on any atom is 0.0550 e. The second-order valence-corrected chi connectivity index (χ2v) is 2.55. The maximum atomic E-state index is 5.49. The Hall–Kier alpha value is -0.950. The molecule has 0 aromatic heterocycles. The zero-order valence-corrected chi connectivity index (χ0v) is 8.28. The molecule has 0 amide bonds. The molecule has 1 aromatic carbocycles. The molecule has 1 nitrogen and oxygen atoms in total. The van der Waals surface area contributed by atoms with E-state index in [9.17, 15) is 0 Å². The molecule has 1 N–H and O–H groups in total. The van der Waals surface area contributed by atoms with E-state index in [1.54, 1.807) is 0 Å². The standard InChI is InChI=1S/C8H10ClN.C2H4/c1-6-4-3-5-7(2)8(6)10-9;1-2/h3-5,10H,1-2H3;1-2H2. The van der Waals surface area contributed by atoms with E-state index in [4.69, 9.17) is 11.8 Å². The molecular formula is C10H14ClN. The van der Waals surface area contributed by atoms with Crippen molar-refractivity contribution in [2.24, 2.45) is 0 Å². The molecule has 1 aromatic rings. The summed E-state index contributed by atoms with van der Waals surface area (Å²) in [7, 11) is 0. The highest BCUT2D eigenvalue weighted by Crippen LogP contribution is 2.19. The number of hydrogen-bond donors (Lipinski definition) is 1. The molecule has 0 aliphatic carbocycles. The molecule has 0 atom stereocenters. The minimum Gasteiger partial charge on any atom is -0.298 e. The van der Waals surface area contributed by atoms with Gasteiger partial charge in [-0.2, -0.15) is 0 Å². The number of para-hydroxylation sites is 1. The van der Waals surface area contributed by atoms with Crippen molar-refractivity contribution in [1.82, 2.24) is 0 Å². The third kappa shape index (κ3) is 2.59. The second kappa shape index (κ2) is 5.67. The summed E-state index contributed by atoms with van der Waals surface area (Å²) in [5.74, 6) is 0. The normalized spacial score (nSPS) is 8.25. The van der Waals surface area contributed by atoms with Gasteiger partial charge in [0, 0.05) is 11.8 Å². The average molecular weight is 184 g/mol. The van der Waals surface area contributed by atoms with Gasteiger partial charge in [0.2, 0.25) is 0 Å². The van der Waals surface area contributed by atoms with Crippen LogP contribution < -0.4 is 4.84 Å². The third-order valence-electron chi connectivity index (χ3n) is 1.58. The lowest BCUT2D eigenvalue weighted by atomic mass is 10.1. The van der Waals surface area contributed by atoms with Crippen molar-refractivity contribution < 1.29 is 0 Å². The Morgan fingerprint density at radius 1 is 1.17 bits per heavy atom. The monoisotopic (exact) mass is 183 g/mol. The van der Waals surface area contributed by atoms with Crippen LogP contribution in [-0.2, 0) is 0 Å². The van der Waals surface area contributed by atoms with Gasteiger partial charge < -0.3 is 0 Å². The van der Waals surface area contributed by atoms with Crippen molar-refractivity contribution in [3.8, 4) is 0 Å². The van der Waals surface area contributed by atoms with Gasteiger partial charge in [0.1, 0.15) is 0 Å². The summed E-state index contributed by atoms with van der Waals surface area (Å²) in [4.78, 5) is 2.64. The Morgan fingerprint density at radius 3 is 1.83 bits per heavy atom. The first-order valence-corrected chi connectivity index (χ1v) is 4.06. The van der Waals surface area contributed by atoms with Crippen molar-refractivity contribution in [3.63, 3.8) is 0 Å². The Morgan fingerprint density at radius 2 is 1.58 bits per heavy atom. The molecule has 2 heteroatoms. The smallest absolute Gasteiger partial charge is 0.0550 e. The third-order valence-corrected chi connectivity index (χ3v) is 1.76. The number of halogens is 1. The van der Waals surface area contributed by atoms with Crippen LogP contribution in [0, 0.1) is 13.8 Å². The Labute approximate surface area is 79.2 Å². The van der Waals surface area contributed by atoms with Gasteiger partial charge in [-0.15, -0.1) is 13.2 Å². The molecule has 0 fully saturated rings. The molecule has 1 rings (SSSR count). The molecule has 0 radical (unpaired) electrons. The largest absolute Gasteiger partial charge is 0.298 e. The van der Waals surface area contributed by atoms with Crippen molar-refractivity contribution in [2.75, 3.05) is 4.84 Å². The van der Waals surface area contributed by atoms with Crippen LogP contribution in [0.1, 0.15) is 11.1 Å². The lowest BCUT2D eigenvalue weighted by molar-refractivity contribution is 1.39. The van der Waals surface area contributed by atoms with E-state index in [0.29, 0.717) is 0 Å².